The summed E-state index contributed by atoms with van der Waals surface area (Å²) in [6.45, 7) is 1.39. The number of rotatable bonds is 5. The quantitative estimate of drug-likeness (QED) is 0.214. The summed E-state index contributed by atoms with van der Waals surface area (Å²) in [5.41, 5.74) is 1.29. The SMILES string of the molecule is CC(=C\C=C1/Oc2ccccc2[N+]12CC2S(=O)(=O)O)/C=C1/SC(=S)N(CC(=O)O)C1=O. The van der Waals surface area contributed by atoms with E-state index in [1.54, 1.807) is 49.4 Å². The normalized spacial score (nSPS) is 27.9. The van der Waals surface area contributed by atoms with Crippen molar-refractivity contribution in [2.45, 2.75) is 12.3 Å². The fourth-order valence-electron chi connectivity index (χ4n) is 3.59. The number of carboxylic acids is 1. The van der Waals surface area contributed by atoms with E-state index >= 15 is 0 Å². The minimum atomic E-state index is -4.28. The van der Waals surface area contributed by atoms with Crippen molar-refractivity contribution in [3.8, 4) is 5.75 Å². The zero-order valence-electron chi connectivity index (χ0n) is 16.1. The van der Waals surface area contributed by atoms with Crippen LogP contribution in [0.2, 0.25) is 0 Å². The molecule has 0 radical (unpaired) electrons. The van der Waals surface area contributed by atoms with Crippen LogP contribution in [0.4, 0.5) is 5.69 Å². The van der Waals surface area contributed by atoms with Crippen LogP contribution in [0, 0.1) is 0 Å². The van der Waals surface area contributed by atoms with Gasteiger partial charge in [0.05, 0.1) is 4.91 Å². The zero-order valence-corrected chi connectivity index (χ0v) is 18.5. The lowest BCUT2D eigenvalue weighted by atomic mass is 10.2. The van der Waals surface area contributed by atoms with Gasteiger partial charge in [-0.15, -0.1) is 0 Å². The molecule has 4 rings (SSSR count). The first-order valence-corrected chi connectivity index (χ1v) is 11.7. The van der Waals surface area contributed by atoms with Gasteiger partial charge in [0.15, 0.2) is 18.0 Å². The van der Waals surface area contributed by atoms with Crippen molar-refractivity contribution in [3.63, 3.8) is 0 Å². The molecule has 1 spiro atoms. The summed E-state index contributed by atoms with van der Waals surface area (Å²) in [4.78, 5) is 24.6. The van der Waals surface area contributed by atoms with E-state index in [0.717, 1.165) is 16.7 Å². The molecule has 31 heavy (non-hydrogen) atoms. The molecule has 1 aromatic rings. The average Bonchev–Trinajstić information content (AvgIpc) is 3.31. The van der Waals surface area contributed by atoms with Crippen molar-refractivity contribution in [2.24, 2.45) is 0 Å². The van der Waals surface area contributed by atoms with Gasteiger partial charge in [-0.25, -0.2) is 0 Å². The van der Waals surface area contributed by atoms with Gasteiger partial charge >= 0.3 is 22.0 Å². The van der Waals surface area contributed by atoms with E-state index in [0.29, 0.717) is 27.8 Å². The van der Waals surface area contributed by atoms with E-state index < -0.39 is 33.9 Å². The number of carbonyl (C=O) groups is 2. The highest BCUT2D eigenvalue weighted by Gasteiger charge is 2.71. The molecule has 0 bridgehead atoms. The Morgan fingerprint density at radius 3 is 2.77 bits per heavy atom. The summed E-state index contributed by atoms with van der Waals surface area (Å²) in [6.07, 6.45) is 4.84. The number of thiocarbonyl (C=S) groups is 1. The van der Waals surface area contributed by atoms with Crippen LogP contribution in [-0.4, -0.2) is 57.6 Å². The second kappa shape index (κ2) is 7.57. The van der Waals surface area contributed by atoms with Crippen LogP contribution in [0.15, 0.2) is 58.9 Å². The minimum absolute atomic E-state index is 0.125. The molecule has 162 valence electrons. The number of hydrogen-bond donors (Lipinski definition) is 2. The number of nitrogens with zero attached hydrogens (tertiary/aromatic N) is 2. The van der Waals surface area contributed by atoms with E-state index in [1.807, 2.05) is 0 Å². The third-order valence-electron chi connectivity index (χ3n) is 5.06. The summed E-state index contributed by atoms with van der Waals surface area (Å²) < 4.78 is 39.1. The summed E-state index contributed by atoms with van der Waals surface area (Å²) in [7, 11) is -4.28. The summed E-state index contributed by atoms with van der Waals surface area (Å²) in [5.74, 6) is -0.785. The number of benzene rings is 1. The summed E-state index contributed by atoms with van der Waals surface area (Å²) in [5, 5.41) is 7.87. The number of amides is 1. The van der Waals surface area contributed by atoms with Crippen LogP contribution in [0.5, 0.6) is 5.75 Å². The number of thioether (sulfide) groups is 1. The standard InChI is InChI=1S/C19H16N2O7S3/c1-11(8-14-18(24)20(9-17(22)23)19(29)30-14)6-7-15-21(10-16(21)31(25,26)27)12-4-2-3-5-13(12)28-15/h2-8,16H,9-10H2,1H3,(H-,22,23,25,26,27)/p+1/b11-6+,14-8+,15-7-. The van der Waals surface area contributed by atoms with Crippen molar-refractivity contribution < 1.29 is 32.4 Å². The maximum Gasteiger partial charge on any atom is 0.326 e. The van der Waals surface area contributed by atoms with E-state index in [9.17, 15) is 22.6 Å². The third-order valence-corrected chi connectivity index (χ3v) is 7.64. The van der Waals surface area contributed by atoms with Gasteiger partial charge in [-0.3, -0.25) is 19.0 Å². The number of para-hydroxylation sites is 2. The Hall–Kier alpha value is -2.51. The van der Waals surface area contributed by atoms with Crippen molar-refractivity contribution >= 4 is 56.0 Å². The topological polar surface area (TPSA) is 121 Å². The molecule has 3 aliphatic rings. The molecule has 3 heterocycles. The van der Waals surface area contributed by atoms with Gasteiger partial charge in [-0.2, -0.15) is 12.9 Å². The van der Waals surface area contributed by atoms with Crippen molar-refractivity contribution in [1.82, 2.24) is 9.38 Å². The van der Waals surface area contributed by atoms with E-state index in [1.165, 1.54) is 0 Å². The maximum absolute atomic E-state index is 12.4. The predicted molar refractivity (Wildman–Crippen MR) is 119 cm³/mol. The lowest BCUT2D eigenvalue weighted by Gasteiger charge is -2.10. The fourth-order valence-corrected chi connectivity index (χ4v) is 5.99. The summed E-state index contributed by atoms with van der Waals surface area (Å²) >= 11 is 6.09. The van der Waals surface area contributed by atoms with Crippen molar-refractivity contribution in [3.05, 3.63) is 58.9 Å². The second-order valence-electron chi connectivity index (χ2n) is 7.17. The van der Waals surface area contributed by atoms with Crippen LogP contribution >= 0.6 is 24.0 Å². The van der Waals surface area contributed by atoms with Crippen LogP contribution in [0.1, 0.15) is 6.92 Å². The predicted octanol–water partition coefficient (Wildman–Crippen LogP) is 2.23. The Bertz CT molecular complexity index is 1220. The highest BCUT2D eigenvalue weighted by Crippen LogP contribution is 2.55. The average molecular weight is 482 g/mol. The molecular formula is C19H17N2O7S3+. The molecule has 3 aliphatic heterocycles. The third kappa shape index (κ3) is 3.81. The minimum Gasteiger partial charge on any atom is -0.480 e. The first kappa shape index (κ1) is 21.7. The molecule has 2 fully saturated rings. The zero-order chi connectivity index (χ0) is 22.6. The number of quaternary nitrogens is 1. The molecule has 12 heteroatoms. The Kier molecular flexibility index (Phi) is 5.30. The van der Waals surface area contributed by atoms with Gasteiger partial charge in [0.2, 0.25) is 0 Å². The first-order valence-electron chi connectivity index (χ1n) is 9.02. The number of hydrogen-bond acceptors (Lipinski definition) is 7. The number of carbonyl (C=O) groups excluding carboxylic acids is 1. The van der Waals surface area contributed by atoms with Crippen LogP contribution in [-0.2, 0) is 19.7 Å². The number of carboxylic acid groups (broad SMARTS) is 1. The monoisotopic (exact) mass is 481 g/mol. The molecular weight excluding hydrogens is 464 g/mol. The lowest BCUT2D eigenvalue weighted by Crippen LogP contribution is -2.33. The molecule has 9 nitrogen and oxygen atoms in total. The Morgan fingerprint density at radius 1 is 1.42 bits per heavy atom. The van der Waals surface area contributed by atoms with Gasteiger partial charge < -0.3 is 9.84 Å². The number of allylic oxidation sites excluding steroid dienone is 4. The molecule has 2 N–H and O–H groups in total. The van der Waals surface area contributed by atoms with E-state index in [-0.39, 0.29) is 15.3 Å². The number of aliphatic carboxylic acids is 1. The van der Waals surface area contributed by atoms with Crippen LogP contribution in [0.25, 0.3) is 0 Å². The Morgan fingerprint density at radius 2 is 2.13 bits per heavy atom. The van der Waals surface area contributed by atoms with Crippen molar-refractivity contribution in [2.75, 3.05) is 13.1 Å². The molecule has 2 saturated heterocycles. The molecule has 2 unspecified atom stereocenters. The Balaban J connectivity index is 1.62. The molecule has 0 aromatic heterocycles. The lowest BCUT2D eigenvalue weighted by molar-refractivity contribution is -0.140. The first-order chi connectivity index (χ1) is 14.5. The molecule has 0 saturated carbocycles. The largest absolute Gasteiger partial charge is 0.480 e. The van der Waals surface area contributed by atoms with Crippen LogP contribution < -0.4 is 9.22 Å². The fraction of sp³-hybridized carbons (Fsp3) is 0.211. The number of ether oxygens (including phenoxy) is 1. The van der Waals surface area contributed by atoms with Gasteiger partial charge in [0.25, 0.3) is 11.3 Å². The second-order valence-corrected chi connectivity index (χ2v) is 10.4. The van der Waals surface area contributed by atoms with Crippen molar-refractivity contribution in [1.29, 1.82) is 0 Å². The van der Waals surface area contributed by atoms with Gasteiger partial charge in [-0.05, 0) is 30.7 Å². The van der Waals surface area contributed by atoms with E-state index in [4.69, 9.17) is 22.1 Å². The van der Waals surface area contributed by atoms with Gasteiger partial charge in [0, 0.05) is 12.1 Å². The number of fused-ring (bicyclic) bond motifs is 2. The van der Waals surface area contributed by atoms with Gasteiger partial charge in [0.1, 0.15) is 10.9 Å². The molecule has 1 amide bonds. The Labute approximate surface area is 187 Å². The maximum atomic E-state index is 12.4. The molecule has 1 aromatic carbocycles. The van der Waals surface area contributed by atoms with Crippen LogP contribution in [0.3, 0.4) is 0 Å². The van der Waals surface area contributed by atoms with E-state index in [2.05, 4.69) is 0 Å². The summed E-state index contributed by atoms with van der Waals surface area (Å²) in [6, 6.07) is 7.01. The molecule has 2 atom stereocenters. The highest BCUT2D eigenvalue weighted by atomic mass is 32.2. The smallest absolute Gasteiger partial charge is 0.326 e. The molecule has 0 aliphatic carbocycles. The highest BCUT2D eigenvalue weighted by molar-refractivity contribution is 8.26. The van der Waals surface area contributed by atoms with Gasteiger partial charge in [-0.1, -0.05) is 36.1 Å².